The van der Waals surface area contributed by atoms with E-state index in [2.05, 4.69) is 5.32 Å². The molecule has 0 saturated heterocycles. The van der Waals surface area contributed by atoms with Crippen LogP contribution in [0.15, 0.2) is 81.4 Å². The zero-order valence-electron chi connectivity index (χ0n) is 16.6. The summed E-state index contributed by atoms with van der Waals surface area (Å²) < 4.78 is 36.5. The van der Waals surface area contributed by atoms with Crippen LogP contribution in [0.25, 0.3) is 6.08 Å². The lowest BCUT2D eigenvalue weighted by Crippen LogP contribution is -2.08. The van der Waals surface area contributed by atoms with Gasteiger partial charge in [-0.1, -0.05) is 53.2 Å². The summed E-state index contributed by atoms with van der Waals surface area (Å²) in [5, 5.41) is 3.24. The van der Waals surface area contributed by atoms with E-state index in [0.717, 1.165) is 15.5 Å². The number of para-hydroxylation sites is 1. The summed E-state index contributed by atoms with van der Waals surface area (Å²) in [6.07, 6.45) is 2.80. The number of hydrogen-bond acceptors (Lipinski definition) is 5. The molecule has 0 atom stereocenters. The number of carbonyl (C=O) groups excluding carboxylic acids is 1. The summed E-state index contributed by atoms with van der Waals surface area (Å²) in [4.78, 5) is 13.5. The van der Waals surface area contributed by atoms with Crippen molar-refractivity contribution >= 4 is 62.8 Å². The average molecular weight is 510 g/mol. The van der Waals surface area contributed by atoms with E-state index in [4.69, 9.17) is 32.5 Å². The van der Waals surface area contributed by atoms with E-state index in [1.807, 2.05) is 24.3 Å². The average Bonchev–Trinajstić information content (AvgIpc) is 2.76. The van der Waals surface area contributed by atoms with Crippen LogP contribution in [0.2, 0.25) is 10.0 Å². The standard InChI is InChI=1S/C22H17Cl2NO5S2/c1-30-17-4-2-3-5-18(17)31-19-12-6-14(21(23)22(19)24)7-13-20(26)25-15-8-10-16(11-9-15)32(27,28)29/h2-13H,1H3,(H,25,26)(H,27,28,29)/b13-7+. The molecule has 0 fully saturated rings. The minimum Gasteiger partial charge on any atom is -0.496 e. The first-order valence-corrected chi connectivity index (χ1v) is 12.1. The lowest BCUT2D eigenvalue weighted by molar-refractivity contribution is -0.111. The molecule has 0 radical (unpaired) electrons. The Kier molecular flexibility index (Phi) is 7.86. The molecule has 0 spiro atoms. The Balaban J connectivity index is 1.72. The third-order valence-corrected chi connectivity index (χ3v) is 7.19. The SMILES string of the molecule is COc1ccccc1Sc1ccc(/C=C/C(=O)Nc2ccc(S(=O)(=O)O)cc2)c(Cl)c1Cl. The first-order chi connectivity index (χ1) is 15.2. The van der Waals surface area contributed by atoms with Crippen LogP contribution in [-0.4, -0.2) is 26.0 Å². The third kappa shape index (κ3) is 6.05. The number of hydrogen-bond donors (Lipinski definition) is 2. The molecule has 0 aliphatic heterocycles. The number of carbonyl (C=O) groups is 1. The highest BCUT2D eigenvalue weighted by atomic mass is 35.5. The fourth-order valence-electron chi connectivity index (χ4n) is 2.64. The van der Waals surface area contributed by atoms with E-state index in [1.165, 1.54) is 48.2 Å². The smallest absolute Gasteiger partial charge is 0.294 e. The van der Waals surface area contributed by atoms with Gasteiger partial charge in [0.2, 0.25) is 5.91 Å². The first-order valence-electron chi connectivity index (χ1n) is 9.04. The van der Waals surface area contributed by atoms with E-state index in [-0.39, 0.29) is 4.90 Å². The van der Waals surface area contributed by atoms with Crippen LogP contribution in [0.4, 0.5) is 5.69 Å². The van der Waals surface area contributed by atoms with Gasteiger partial charge in [-0.25, -0.2) is 0 Å². The topological polar surface area (TPSA) is 92.7 Å². The Bertz CT molecular complexity index is 1280. The molecule has 1 amide bonds. The summed E-state index contributed by atoms with van der Waals surface area (Å²) in [6.45, 7) is 0. The molecule has 0 unspecified atom stereocenters. The molecule has 0 saturated carbocycles. The molecule has 0 aliphatic carbocycles. The summed E-state index contributed by atoms with van der Waals surface area (Å²) >= 11 is 14.3. The molecule has 0 bridgehead atoms. The Hall–Kier alpha value is -2.49. The lowest BCUT2D eigenvalue weighted by Gasteiger charge is -2.11. The van der Waals surface area contributed by atoms with Gasteiger partial charge < -0.3 is 10.1 Å². The van der Waals surface area contributed by atoms with Gasteiger partial charge in [-0.2, -0.15) is 8.42 Å². The molecule has 32 heavy (non-hydrogen) atoms. The van der Waals surface area contributed by atoms with Crippen molar-refractivity contribution < 1.29 is 22.5 Å². The van der Waals surface area contributed by atoms with E-state index in [0.29, 0.717) is 21.3 Å². The number of ether oxygens (including phenoxy) is 1. The van der Waals surface area contributed by atoms with Gasteiger partial charge >= 0.3 is 0 Å². The number of amides is 1. The summed E-state index contributed by atoms with van der Waals surface area (Å²) in [6, 6.07) is 16.2. The van der Waals surface area contributed by atoms with Gasteiger partial charge in [-0.3, -0.25) is 9.35 Å². The number of rotatable bonds is 7. The van der Waals surface area contributed by atoms with Crippen LogP contribution >= 0.6 is 35.0 Å². The molecular formula is C22H17Cl2NO5S2. The maximum atomic E-state index is 12.2. The van der Waals surface area contributed by atoms with Crippen molar-refractivity contribution in [3.05, 3.63) is 82.3 Å². The fourth-order valence-corrected chi connectivity index (χ4v) is 4.65. The molecular weight excluding hydrogens is 493 g/mol. The minimum absolute atomic E-state index is 0.265. The molecule has 6 nitrogen and oxygen atoms in total. The van der Waals surface area contributed by atoms with Gasteiger partial charge in [0.15, 0.2) is 0 Å². The highest BCUT2D eigenvalue weighted by molar-refractivity contribution is 7.99. The third-order valence-electron chi connectivity index (χ3n) is 4.20. The number of methoxy groups -OCH3 is 1. The van der Waals surface area contributed by atoms with Crippen molar-refractivity contribution in [2.75, 3.05) is 12.4 Å². The van der Waals surface area contributed by atoms with E-state index < -0.39 is 16.0 Å². The van der Waals surface area contributed by atoms with E-state index in [1.54, 1.807) is 19.2 Å². The Morgan fingerprint density at radius 1 is 1.00 bits per heavy atom. The van der Waals surface area contributed by atoms with Gasteiger partial charge in [-0.15, -0.1) is 0 Å². The maximum absolute atomic E-state index is 12.2. The monoisotopic (exact) mass is 509 g/mol. The highest BCUT2D eigenvalue weighted by Crippen LogP contribution is 2.42. The van der Waals surface area contributed by atoms with Gasteiger partial charge in [-0.05, 0) is 54.1 Å². The van der Waals surface area contributed by atoms with Gasteiger partial charge in [0.25, 0.3) is 10.1 Å². The molecule has 0 heterocycles. The van der Waals surface area contributed by atoms with Crippen molar-refractivity contribution in [1.82, 2.24) is 0 Å². The van der Waals surface area contributed by atoms with Crippen molar-refractivity contribution in [2.24, 2.45) is 0 Å². The van der Waals surface area contributed by atoms with E-state index >= 15 is 0 Å². The van der Waals surface area contributed by atoms with E-state index in [9.17, 15) is 13.2 Å². The Labute approximate surface area is 199 Å². The number of nitrogens with one attached hydrogen (secondary N) is 1. The second kappa shape index (κ2) is 10.4. The maximum Gasteiger partial charge on any atom is 0.294 e. The molecule has 0 aromatic heterocycles. The van der Waals surface area contributed by atoms with Crippen LogP contribution in [0.5, 0.6) is 5.75 Å². The predicted octanol–water partition coefficient (Wildman–Crippen LogP) is 6.05. The molecule has 10 heteroatoms. The molecule has 2 N–H and O–H groups in total. The number of anilines is 1. The van der Waals surface area contributed by atoms with Crippen LogP contribution in [0.1, 0.15) is 5.56 Å². The highest BCUT2D eigenvalue weighted by Gasteiger charge is 2.13. The second-order valence-corrected chi connectivity index (χ2v) is 9.62. The Morgan fingerprint density at radius 2 is 1.69 bits per heavy atom. The minimum atomic E-state index is -4.29. The Morgan fingerprint density at radius 3 is 2.34 bits per heavy atom. The summed E-state index contributed by atoms with van der Waals surface area (Å²) in [5.74, 6) is 0.263. The fraction of sp³-hybridized carbons (Fsp3) is 0.0455. The largest absolute Gasteiger partial charge is 0.496 e. The molecule has 166 valence electrons. The zero-order chi connectivity index (χ0) is 23.3. The predicted molar refractivity (Wildman–Crippen MR) is 127 cm³/mol. The first kappa shape index (κ1) is 24.2. The van der Waals surface area contributed by atoms with Crippen LogP contribution in [0.3, 0.4) is 0 Å². The summed E-state index contributed by atoms with van der Waals surface area (Å²) in [7, 11) is -2.70. The van der Waals surface area contributed by atoms with Crippen molar-refractivity contribution in [1.29, 1.82) is 0 Å². The van der Waals surface area contributed by atoms with Gasteiger partial charge in [0.1, 0.15) is 5.75 Å². The second-order valence-electron chi connectivity index (χ2n) is 6.36. The van der Waals surface area contributed by atoms with Crippen molar-refractivity contribution in [3.8, 4) is 5.75 Å². The van der Waals surface area contributed by atoms with Crippen LogP contribution < -0.4 is 10.1 Å². The normalized spacial score (nSPS) is 11.5. The van der Waals surface area contributed by atoms with Gasteiger partial charge in [0, 0.05) is 16.7 Å². The molecule has 0 aliphatic rings. The lowest BCUT2D eigenvalue weighted by atomic mass is 10.2. The molecule has 3 aromatic rings. The van der Waals surface area contributed by atoms with Crippen molar-refractivity contribution in [3.63, 3.8) is 0 Å². The zero-order valence-corrected chi connectivity index (χ0v) is 19.7. The summed E-state index contributed by atoms with van der Waals surface area (Å²) in [5.41, 5.74) is 0.914. The molecule has 3 rings (SSSR count). The van der Waals surface area contributed by atoms with Crippen LogP contribution in [-0.2, 0) is 14.9 Å². The van der Waals surface area contributed by atoms with Gasteiger partial charge in [0.05, 0.1) is 26.9 Å². The molecule has 3 aromatic carbocycles. The van der Waals surface area contributed by atoms with Crippen molar-refractivity contribution in [2.45, 2.75) is 14.7 Å². The number of benzene rings is 3. The quantitative estimate of drug-likeness (QED) is 0.297. The number of halogens is 2. The van der Waals surface area contributed by atoms with Crippen LogP contribution in [0, 0.1) is 0 Å².